The number of carbonyl (C=O) groups is 1. The molecule has 0 spiro atoms. The number of aromatic nitrogens is 2. The van der Waals surface area contributed by atoms with Crippen LogP contribution in [0.2, 0.25) is 0 Å². The summed E-state index contributed by atoms with van der Waals surface area (Å²) >= 11 is 0. The molecule has 0 bridgehead atoms. The largest absolute Gasteiger partial charge is 0.456 e. The van der Waals surface area contributed by atoms with Crippen LogP contribution in [0.3, 0.4) is 0 Å². The van der Waals surface area contributed by atoms with E-state index >= 15 is 0 Å². The van der Waals surface area contributed by atoms with Crippen LogP contribution in [0.15, 0.2) is 59.5 Å². The third-order valence-electron chi connectivity index (χ3n) is 3.93. The van der Waals surface area contributed by atoms with Crippen LogP contribution in [-0.4, -0.2) is 15.4 Å². The zero-order valence-electron chi connectivity index (χ0n) is 14.7. The van der Waals surface area contributed by atoms with Crippen LogP contribution in [-0.2, 0) is 22.3 Å². The van der Waals surface area contributed by atoms with E-state index in [9.17, 15) is 22.8 Å². The fourth-order valence-corrected chi connectivity index (χ4v) is 2.56. The van der Waals surface area contributed by atoms with Crippen molar-refractivity contribution in [2.75, 3.05) is 0 Å². The number of hydrogen-bond acceptors (Lipinski definition) is 4. The van der Waals surface area contributed by atoms with Gasteiger partial charge in [0, 0.05) is 18.3 Å². The lowest BCUT2D eigenvalue weighted by atomic mass is 10.1. The van der Waals surface area contributed by atoms with E-state index in [0.29, 0.717) is 5.65 Å². The van der Waals surface area contributed by atoms with Gasteiger partial charge < -0.3 is 4.74 Å². The first kappa shape index (κ1) is 19.3. The number of pyridine rings is 1. The van der Waals surface area contributed by atoms with Gasteiger partial charge in [0.2, 0.25) is 0 Å². The van der Waals surface area contributed by atoms with Crippen LogP contribution >= 0.6 is 0 Å². The normalized spacial score (nSPS) is 11.9. The molecule has 0 fully saturated rings. The number of carbonyl (C=O) groups excluding carboxylic acids is 1. The summed E-state index contributed by atoms with van der Waals surface area (Å²) in [6, 6.07) is 9.35. The summed E-state index contributed by atoms with van der Waals surface area (Å²) in [7, 11) is 0. The van der Waals surface area contributed by atoms with Crippen molar-refractivity contribution in [2.45, 2.75) is 19.7 Å². The maximum Gasteiger partial charge on any atom is 0.416 e. The molecule has 0 aliphatic heterocycles. The third-order valence-corrected chi connectivity index (χ3v) is 3.93. The third kappa shape index (κ3) is 4.46. The van der Waals surface area contributed by atoms with E-state index < -0.39 is 17.7 Å². The van der Waals surface area contributed by atoms with E-state index in [2.05, 4.69) is 4.98 Å². The number of alkyl halides is 3. The lowest BCUT2D eigenvalue weighted by Gasteiger charge is -2.07. The van der Waals surface area contributed by atoms with Crippen molar-refractivity contribution >= 4 is 17.7 Å². The van der Waals surface area contributed by atoms with Crippen molar-refractivity contribution in [2.24, 2.45) is 0 Å². The number of hydrogen-bond donors (Lipinski definition) is 0. The van der Waals surface area contributed by atoms with Crippen molar-refractivity contribution in [3.63, 3.8) is 0 Å². The topological polar surface area (TPSA) is 60.7 Å². The summed E-state index contributed by atoms with van der Waals surface area (Å²) in [5, 5.41) is 0. The highest BCUT2D eigenvalue weighted by Gasteiger charge is 2.30. The van der Waals surface area contributed by atoms with Crippen molar-refractivity contribution in [1.29, 1.82) is 0 Å². The molecule has 2 aromatic heterocycles. The lowest BCUT2D eigenvalue weighted by molar-refractivity contribution is -0.139. The maximum absolute atomic E-state index is 12.7. The van der Waals surface area contributed by atoms with Crippen molar-refractivity contribution in [1.82, 2.24) is 9.38 Å². The van der Waals surface area contributed by atoms with Gasteiger partial charge in [-0.05, 0) is 42.3 Å². The number of benzene rings is 1. The van der Waals surface area contributed by atoms with Crippen molar-refractivity contribution in [3.8, 4) is 0 Å². The molecule has 28 heavy (non-hydrogen) atoms. The smallest absolute Gasteiger partial charge is 0.416 e. The highest BCUT2D eigenvalue weighted by atomic mass is 19.4. The summed E-state index contributed by atoms with van der Waals surface area (Å²) < 4.78 is 44.5. The molecule has 144 valence electrons. The van der Waals surface area contributed by atoms with Gasteiger partial charge in [-0.2, -0.15) is 13.2 Å². The molecule has 0 aliphatic carbocycles. The summed E-state index contributed by atoms with van der Waals surface area (Å²) in [6.45, 7) is 1.57. The van der Waals surface area contributed by atoms with E-state index in [1.54, 1.807) is 25.3 Å². The van der Waals surface area contributed by atoms with Gasteiger partial charge in [0.05, 0.1) is 11.3 Å². The van der Waals surface area contributed by atoms with E-state index in [1.807, 2.05) is 0 Å². The second-order valence-corrected chi connectivity index (χ2v) is 6.03. The molecule has 0 atom stereocenters. The molecule has 5 nitrogen and oxygen atoms in total. The Labute approximate surface area is 157 Å². The molecule has 0 amide bonds. The van der Waals surface area contributed by atoms with Crippen molar-refractivity contribution < 1.29 is 22.7 Å². The summed E-state index contributed by atoms with van der Waals surface area (Å²) in [4.78, 5) is 28.2. The molecule has 0 N–H and O–H groups in total. The summed E-state index contributed by atoms with van der Waals surface area (Å²) in [6.07, 6.45) is -0.622. The lowest BCUT2D eigenvalue weighted by Crippen LogP contribution is -2.17. The number of fused-ring (bicyclic) bond motifs is 1. The molecular weight excluding hydrogens is 373 g/mol. The van der Waals surface area contributed by atoms with Crippen LogP contribution in [0, 0.1) is 6.92 Å². The second kappa shape index (κ2) is 7.67. The number of nitrogens with zero attached hydrogens (tertiary/aromatic N) is 2. The quantitative estimate of drug-likeness (QED) is 0.504. The van der Waals surface area contributed by atoms with Crippen LogP contribution in [0.1, 0.15) is 22.4 Å². The molecule has 8 heteroatoms. The Balaban J connectivity index is 1.70. The average molecular weight is 388 g/mol. The minimum atomic E-state index is -4.46. The molecule has 3 aromatic rings. The predicted octanol–water partition coefficient (Wildman–Crippen LogP) is 3.78. The van der Waals surface area contributed by atoms with Gasteiger partial charge in [-0.3, -0.25) is 9.20 Å². The van der Waals surface area contributed by atoms with E-state index in [0.717, 1.165) is 23.8 Å². The molecule has 0 radical (unpaired) electrons. The molecule has 0 saturated carbocycles. The van der Waals surface area contributed by atoms with Crippen molar-refractivity contribution in [3.05, 3.63) is 87.5 Å². The summed E-state index contributed by atoms with van der Waals surface area (Å²) in [5.41, 5.74) is 0.626. The maximum atomic E-state index is 12.7. The Morgan fingerprint density at radius 2 is 2.00 bits per heavy atom. The first-order valence-electron chi connectivity index (χ1n) is 8.24. The zero-order chi connectivity index (χ0) is 20.3. The van der Waals surface area contributed by atoms with E-state index in [4.69, 9.17) is 4.74 Å². The molecule has 0 aliphatic rings. The fourth-order valence-electron chi connectivity index (χ4n) is 2.56. The van der Waals surface area contributed by atoms with Gasteiger partial charge in [0.15, 0.2) is 0 Å². The van der Waals surface area contributed by atoms with Gasteiger partial charge in [-0.15, -0.1) is 0 Å². The van der Waals surface area contributed by atoms with Gasteiger partial charge >= 0.3 is 12.1 Å². The van der Waals surface area contributed by atoms with E-state index in [1.165, 1.54) is 28.7 Å². The molecule has 1 aromatic carbocycles. The average Bonchev–Trinajstić information content (AvgIpc) is 2.65. The van der Waals surface area contributed by atoms with Crippen LogP contribution in [0.5, 0.6) is 0 Å². The van der Waals surface area contributed by atoms with Crippen LogP contribution in [0.4, 0.5) is 13.2 Å². The summed E-state index contributed by atoms with van der Waals surface area (Å²) in [5.74, 6) is -0.760. The molecular formula is C20H15F3N2O3. The Morgan fingerprint density at radius 3 is 2.75 bits per heavy atom. The van der Waals surface area contributed by atoms with Gasteiger partial charge in [0.1, 0.15) is 12.3 Å². The zero-order valence-corrected chi connectivity index (χ0v) is 14.7. The second-order valence-electron chi connectivity index (χ2n) is 6.03. The highest BCUT2D eigenvalue weighted by Crippen LogP contribution is 2.29. The van der Waals surface area contributed by atoms with Crippen LogP contribution < -0.4 is 5.56 Å². The number of esters is 1. The number of rotatable bonds is 4. The highest BCUT2D eigenvalue weighted by molar-refractivity contribution is 5.87. The molecule has 3 rings (SSSR count). The predicted molar refractivity (Wildman–Crippen MR) is 96.5 cm³/mol. The van der Waals surface area contributed by atoms with E-state index in [-0.39, 0.29) is 23.4 Å². The Hall–Kier alpha value is -3.42. The minimum absolute atomic E-state index is 0.212. The molecule has 0 unspecified atom stereocenters. The van der Waals surface area contributed by atoms with Gasteiger partial charge in [-0.1, -0.05) is 18.2 Å². The standard InChI is InChI=1S/C20H15F3N2O3/c1-13-4-3-9-25-17(26)11-16(24-19(13)25)12-28-18(27)8-7-14-5-2-6-15(10-14)20(21,22)23/h2-11H,12H2,1H3/b8-7+. The fraction of sp³-hybridized carbons (Fsp3) is 0.150. The Morgan fingerprint density at radius 1 is 1.21 bits per heavy atom. The number of halogens is 3. The van der Waals surface area contributed by atoms with Gasteiger partial charge in [-0.25, -0.2) is 9.78 Å². The first-order chi connectivity index (χ1) is 13.2. The minimum Gasteiger partial charge on any atom is -0.456 e. The number of ether oxygens (including phenoxy) is 1. The number of aryl methyl sites for hydroxylation is 1. The molecule has 2 heterocycles. The first-order valence-corrected chi connectivity index (χ1v) is 8.24. The molecule has 0 saturated heterocycles. The Bertz CT molecular complexity index is 1120. The Kier molecular flexibility index (Phi) is 5.30. The monoisotopic (exact) mass is 388 g/mol. The van der Waals surface area contributed by atoms with Crippen LogP contribution in [0.25, 0.3) is 11.7 Å². The van der Waals surface area contributed by atoms with Gasteiger partial charge in [0.25, 0.3) is 5.56 Å². The SMILES string of the molecule is Cc1cccn2c(=O)cc(COC(=O)/C=C/c3cccc(C(F)(F)F)c3)nc12.